The van der Waals surface area contributed by atoms with E-state index < -0.39 is 53.1 Å². The molecule has 0 bridgehead atoms. The quantitative estimate of drug-likeness (QED) is 0.197. The highest BCUT2D eigenvalue weighted by atomic mass is 32.2. The van der Waals surface area contributed by atoms with Gasteiger partial charge < -0.3 is 25.7 Å². The molecule has 0 aliphatic carbocycles. The van der Waals surface area contributed by atoms with Gasteiger partial charge in [-0.2, -0.15) is 9.36 Å². The zero-order valence-corrected chi connectivity index (χ0v) is 18.9. The van der Waals surface area contributed by atoms with Crippen molar-refractivity contribution in [3.8, 4) is 0 Å². The van der Waals surface area contributed by atoms with Crippen molar-refractivity contribution in [2.75, 3.05) is 18.1 Å². The summed E-state index contributed by atoms with van der Waals surface area (Å²) in [5, 5.41) is 14.9. The maximum absolute atomic E-state index is 12.8. The molecule has 1 aromatic rings. The molecule has 0 radical (unpaired) electrons. The molecule has 3 heterocycles. The highest BCUT2D eigenvalue weighted by molar-refractivity contribution is 8.00. The van der Waals surface area contributed by atoms with Gasteiger partial charge in [-0.05, 0) is 26.8 Å². The van der Waals surface area contributed by atoms with E-state index in [0.717, 1.165) is 16.4 Å². The molecule has 0 spiro atoms. The molecule has 2 atom stereocenters. The summed E-state index contributed by atoms with van der Waals surface area (Å²) in [7, 11) is 0. The van der Waals surface area contributed by atoms with Crippen LogP contribution >= 0.6 is 23.3 Å². The van der Waals surface area contributed by atoms with Crippen LogP contribution in [0.3, 0.4) is 0 Å². The van der Waals surface area contributed by atoms with Crippen LogP contribution in [0.5, 0.6) is 0 Å². The zero-order chi connectivity index (χ0) is 23.6. The highest BCUT2D eigenvalue weighted by Gasteiger charge is 2.53. The first-order valence-corrected chi connectivity index (χ1v) is 11.0. The average Bonchev–Trinajstić information content (AvgIpc) is 3.12. The Balaban J connectivity index is 1.71. The minimum atomic E-state index is -1.23. The van der Waals surface area contributed by atoms with Crippen LogP contribution in [-0.2, 0) is 28.8 Å². The van der Waals surface area contributed by atoms with Crippen molar-refractivity contribution in [1.82, 2.24) is 19.6 Å². The number of hydrogen-bond donors (Lipinski definition) is 3. The molecule has 1 saturated heterocycles. The summed E-state index contributed by atoms with van der Waals surface area (Å²) in [4.78, 5) is 58.3. The van der Waals surface area contributed by atoms with Gasteiger partial charge in [0.25, 0.3) is 11.8 Å². The first kappa shape index (κ1) is 23.5. The fourth-order valence-corrected chi connectivity index (χ4v) is 4.41. The number of carboxylic acids is 1. The standard InChI is InChI=1S/C17H20N6O7S2/c1-17(2,3)30-8(24)6-29-21-9(11-20-16(18)32-22-11)12(25)19-10-13(26)23-7(15(27)28)4-5-31-14(10)23/h4,10,14H,5-6H2,1-3H3,(H,19,25)(H,27,28)(H2,18,20,22)/b21-9-/t10?,14-/m1/s1. The SMILES string of the molecule is CC(C)(C)OC(=O)CO/N=C(\C(=O)NC1C(=O)N2C(C(=O)O)=CCS[C@H]12)c1nsc(N)n1. The van der Waals surface area contributed by atoms with E-state index in [1.54, 1.807) is 20.8 Å². The maximum atomic E-state index is 12.8. The third-order valence-electron chi connectivity index (χ3n) is 3.98. The number of thioether (sulfide) groups is 1. The number of fused-ring (bicyclic) bond motifs is 1. The second-order valence-electron chi connectivity index (χ2n) is 7.53. The number of rotatable bonds is 7. The Labute approximate surface area is 190 Å². The van der Waals surface area contributed by atoms with Crippen molar-refractivity contribution >= 4 is 57.9 Å². The molecule has 13 nitrogen and oxygen atoms in total. The number of carbonyl (C=O) groups excluding carboxylic acids is 3. The van der Waals surface area contributed by atoms with E-state index in [1.165, 1.54) is 17.8 Å². The van der Waals surface area contributed by atoms with Gasteiger partial charge in [-0.3, -0.25) is 14.5 Å². The van der Waals surface area contributed by atoms with Crippen molar-refractivity contribution in [2.24, 2.45) is 5.16 Å². The number of β-lactam (4-membered cyclic amide) rings is 1. The lowest BCUT2D eigenvalue weighted by molar-refractivity contribution is -0.160. The van der Waals surface area contributed by atoms with Gasteiger partial charge in [0.1, 0.15) is 22.7 Å². The van der Waals surface area contributed by atoms with Crippen LogP contribution in [0.15, 0.2) is 16.9 Å². The molecule has 1 fully saturated rings. The first-order chi connectivity index (χ1) is 15.0. The third-order valence-corrected chi connectivity index (χ3v) is 5.71. The lowest BCUT2D eigenvalue weighted by Crippen LogP contribution is -2.70. The number of aromatic nitrogens is 2. The van der Waals surface area contributed by atoms with Gasteiger partial charge in [-0.1, -0.05) is 5.16 Å². The zero-order valence-electron chi connectivity index (χ0n) is 17.2. The van der Waals surface area contributed by atoms with Gasteiger partial charge in [0.05, 0.1) is 0 Å². The Kier molecular flexibility index (Phi) is 6.68. The predicted octanol–water partition coefficient (Wildman–Crippen LogP) is -0.449. The third kappa shape index (κ3) is 5.16. The normalized spacial score (nSPS) is 20.6. The van der Waals surface area contributed by atoms with Crippen molar-refractivity contribution < 1.29 is 33.9 Å². The number of nitrogens with one attached hydrogen (secondary N) is 1. The van der Waals surface area contributed by atoms with E-state index in [0.29, 0.717) is 5.75 Å². The molecule has 2 amide bonds. The molecule has 1 aromatic heterocycles. The number of amides is 2. The number of carboxylic acid groups (broad SMARTS) is 1. The van der Waals surface area contributed by atoms with Crippen molar-refractivity contribution in [1.29, 1.82) is 0 Å². The highest BCUT2D eigenvalue weighted by Crippen LogP contribution is 2.37. The summed E-state index contributed by atoms with van der Waals surface area (Å²) in [6.07, 6.45) is 1.43. The van der Waals surface area contributed by atoms with Gasteiger partial charge in [-0.15, -0.1) is 11.8 Å². The van der Waals surface area contributed by atoms with Crippen molar-refractivity contribution in [3.05, 3.63) is 17.6 Å². The Hall–Kier alpha value is -3.20. The summed E-state index contributed by atoms with van der Waals surface area (Å²) in [5.74, 6) is -3.15. The number of esters is 1. The molecular formula is C17H20N6O7S2. The molecule has 3 rings (SSSR count). The van der Waals surface area contributed by atoms with Gasteiger partial charge in [-0.25, -0.2) is 9.59 Å². The first-order valence-electron chi connectivity index (χ1n) is 9.18. The fourth-order valence-electron chi connectivity index (χ4n) is 2.78. The number of hydrogen-bond acceptors (Lipinski definition) is 12. The largest absolute Gasteiger partial charge is 0.477 e. The molecule has 15 heteroatoms. The number of nitrogens with two attached hydrogens (primary N) is 1. The number of oxime groups is 1. The summed E-state index contributed by atoms with van der Waals surface area (Å²) >= 11 is 2.11. The second-order valence-corrected chi connectivity index (χ2v) is 9.47. The Morgan fingerprint density at radius 3 is 2.72 bits per heavy atom. The Bertz CT molecular complexity index is 1020. The van der Waals surface area contributed by atoms with Gasteiger partial charge in [0.2, 0.25) is 18.1 Å². The maximum Gasteiger partial charge on any atom is 0.352 e. The van der Waals surface area contributed by atoms with Crippen LogP contribution < -0.4 is 11.1 Å². The van der Waals surface area contributed by atoms with Crippen LogP contribution in [0, 0.1) is 0 Å². The van der Waals surface area contributed by atoms with Crippen LogP contribution in [0.1, 0.15) is 26.6 Å². The van der Waals surface area contributed by atoms with Crippen molar-refractivity contribution in [3.63, 3.8) is 0 Å². The van der Waals surface area contributed by atoms with E-state index in [-0.39, 0.29) is 16.7 Å². The van der Waals surface area contributed by atoms with Crippen molar-refractivity contribution in [2.45, 2.75) is 37.8 Å². The lowest BCUT2D eigenvalue weighted by Gasteiger charge is -2.48. The number of aliphatic carboxylic acids is 1. The number of nitrogen functional groups attached to an aromatic ring is 1. The summed E-state index contributed by atoms with van der Waals surface area (Å²) in [6.45, 7) is 4.47. The Morgan fingerprint density at radius 1 is 1.41 bits per heavy atom. The summed E-state index contributed by atoms with van der Waals surface area (Å²) < 4.78 is 9.01. The molecule has 2 aliphatic heterocycles. The minimum Gasteiger partial charge on any atom is -0.477 e. The van der Waals surface area contributed by atoms with Gasteiger partial charge in [0.15, 0.2) is 5.13 Å². The number of carbonyl (C=O) groups is 4. The van der Waals surface area contributed by atoms with E-state index in [2.05, 4.69) is 19.8 Å². The minimum absolute atomic E-state index is 0.0672. The molecular weight excluding hydrogens is 464 g/mol. The number of anilines is 1. The molecule has 32 heavy (non-hydrogen) atoms. The van der Waals surface area contributed by atoms with Crippen LogP contribution in [0.4, 0.5) is 5.13 Å². The van der Waals surface area contributed by atoms with E-state index in [1.807, 2.05) is 0 Å². The number of ether oxygens (including phenoxy) is 1. The molecule has 1 unspecified atom stereocenters. The summed E-state index contributed by atoms with van der Waals surface area (Å²) in [5.41, 5.74) is 4.31. The topological polar surface area (TPSA) is 186 Å². The predicted molar refractivity (Wildman–Crippen MR) is 113 cm³/mol. The van der Waals surface area contributed by atoms with E-state index >= 15 is 0 Å². The molecule has 4 N–H and O–H groups in total. The van der Waals surface area contributed by atoms with Crippen LogP contribution in [0.25, 0.3) is 0 Å². The van der Waals surface area contributed by atoms with Crippen LogP contribution in [-0.4, -0.2) is 78.2 Å². The van der Waals surface area contributed by atoms with Gasteiger partial charge in [0, 0.05) is 17.3 Å². The Morgan fingerprint density at radius 2 is 2.12 bits per heavy atom. The molecule has 0 saturated carbocycles. The van der Waals surface area contributed by atoms with E-state index in [9.17, 15) is 24.3 Å². The van der Waals surface area contributed by atoms with Gasteiger partial charge >= 0.3 is 11.9 Å². The monoisotopic (exact) mass is 484 g/mol. The molecule has 2 aliphatic rings. The molecule has 172 valence electrons. The smallest absolute Gasteiger partial charge is 0.352 e. The average molecular weight is 485 g/mol. The molecule has 0 aromatic carbocycles. The fraction of sp³-hybridized carbons (Fsp3) is 0.471. The second kappa shape index (κ2) is 9.12. The lowest BCUT2D eigenvalue weighted by atomic mass is 10.0. The summed E-state index contributed by atoms with van der Waals surface area (Å²) in [6, 6.07) is -0.984. The van der Waals surface area contributed by atoms with Crippen LogP contribution in [0.2, 0.25) is 0 Å². The van der Waals surface area contributed by atoms with E-state index in [4.69, 9.17) is 15.3 Å². The number of nitrogens with zero attached hydrogens (tertiary/aromatic N) is 4.